The first-order chi connectivity index (χ1) is 9.69. The Morgan fingerprint density at radius 2 is 2.15 bits per heavy atom. The van der Waals surface area contributed by atoms with E-state index in [-0.39, 0.29) is 5.97 Å². The Morgan fingerprint density at radius 3 is 2.90 bits per heavy atom. The lowest BCUT2D eigenvalue weighted by Gasteiger charge is -2.22. The first-order valence-corrected chi connectivity index (χ1v) is 7.25. The lowest BCUT2D eigenvalue weighted by atomic mass is 10.3. The van der Waals surface area contributed by atoms with Crippen LogP contribution < -0.4 is 4.90 Å². The van der Waals surface area contributed by atoms with Gasteiger partial charge in [-0.25, -0.2) is 4.98 Å². The maximum Gasteiger partial charge on any atom is 0.320 e. The number of pyridine rings is 1. The SMILES string of the molecule is CCOC(=O)CN1CCCN(c2cccc(C)n2)CC1. The van der Waals surface area contributed by atoms with Crippen LogP contribution in [-0.4, -0.2) is 55.2 Å². The molecule has 1 saturated heterocycles. The number of anilines is 1. The highest BCUT2D eigenvalue weighted by Crippen LogP contribution is 2.14. The fourth-order valence-electron chi connectivity index (χ4n) is 2.45. The molecule has 0 spiro atoms. The molecule has 0 bridgehead atoms. The van der Waals surface area contributed by atoms with Gasteiger partial charge in [0.1, 0.15) is 5.82 Å². The molecule has 0 atom stereocenters. The summed E-state index contributed by atoms with van der Waals surface area (Å²) in [6, 6.07) is 6.10. The summed E-state index contributed by atoms with van der Waals surface area (Å²) in [6.07, 6.45) is 1.04. The molecule has 0 amide bonds. The van der Waals surface area contributed by atoms with Gasteiger partial charge in [-0.15, -0.1) is 0 Å². The van der Waals surface area contributed by atoms with Crippen molar-refractivity contribution in [1.29, 1.82) is 0 Å². The summed E-state index contributed by atoms with van der Waals surface area (Å²) >= 11 is 0. The van der Waals surface area contributed by atoms with Crippen LogP contribution in [0, 0.1) is 6.92 Å². The molecule has 1 aromatic heterocycles. The number of aromatic nitrogens is 1. The molecule has 0 aliphatic carbocycles. The normalized spacial score (nSPS) is 16.8. The van der Waals surface area contributed by atoms with Crippen LogP contribution in [0.5, 0.6) is 0 Å². The van der Waals surface area contributed by atoms with Gasteiger partial charge in [0.05, 0.1) is 13.2 Å². The van der Waals surface area contributed by atoms with Crippen molar-refractivity contribution in [3.05, 3.63) is 23.9 Å². The molecular weight excluding hydrogens is 254 g/mol. The van der Waals surface area contributed by atoms with E-state index in [0.29, 0.717) is 13.2 Å². The van der Waals surface area contributed by atoms with Crippen LogP contribution in [0.3, 0.4) is 0 Å². The molecule has 2 heterocycles. The zero-order valence-electron chi connectivity index (χ0n) is 12.3. The molecule has 0 N–H and O–H groups in total. The van der Waals surface area contributed by atoms with Crippen molar-refractivity contribution in [2.45, 2.75) is 20.3 Å². The minimum atomic E-state index is -0.130. The number of esters is 1. The number of ether oxygens (including phenoxy) is 1. The van der Waals surface area contributed by atoms with Crippen LogP contribution in [0.15, 0.2) is 18.2 Å². The van der Waals surface area contributed by atoms with Gasteiger partial charge in [0.25, 0.3) is 0 Å². The summed E-state index contributed by atoms with van der Waals surface area (Å²) in [6.45, 7) is 8.37. The number of rotatable bonds is 4. The van der Waals surface area contributed by atoms with Gasteiger partial charge in [0.2, 0.25) is 0 Å². The van der Waals surface area contributed by atoms with E-state index in [1.165, 1.54) is 0 Å². The molecule has 0 saturated carbocycles. The van der Waals surface area contributed by atoms with E-state index in [2.05, 4.69) is 14.8 Å². The Morgan fingerprint density at radius 1 is 1.30 bits per heavy atom. The molecule has 5 nitrogen and oxygen atoms in total. The summed E-state index contributed by atoms with van der Waals surface area (Å²) in [5, 5.41) is 0. The fraction of sp³-hybridized carbons (Fsp3) is 0.600. The second kappa shape index (κ2) is 7.24. The third kappa shape index (κ3) is 4.20. The second-order valence-corrected chi connectivity index (χ2v) is 5.06. The van der Waals surface area contributed by atoms with Crippen LogP contribution >= 0.6 is 0 Å². The van der Waals surface area contributed by atoms with Crippen molar-refractivity contribution in [1.82, 2.24) is 9.88 Å². The highest BCUT2D eigenvalue weighted by atomic mass is 16.5. The van der Waals surface area contributed by atoms with E-state index in [1.54, 1.807) is 0 Å². The van der Waals surface area contributed by atoms with Gasteiger partial charge < -0.3 is 9.64 Å². The molecule has 1 aliphatic heterocycles. The monoisotopic (exact) mass is 277 g/mol. The maximum absolute atomic E-state index is 11.5. The molecule has 5 heteroatoms. The molecule has 0 unspecified atom stereocenters. The number of nitrogens with zero attached hydrogens (tertiary/aromatic N) is 3. The number of hydrogen-bond acceptors (Lipinski definition) is 5. The smallest absolute Gasteiger partial charge is 0.320 e. The van der Waals surface area contributed by atoms with Crippen LogP contribution in [0.25, 0.3) is 0 Å². The van der Waals surface area contributed by atoms with E-state index >= 15 is 0 Å². The Balaban J connectivity index is 1.90. The molecule has 1 aromatic rings. The summed E-state index contributed by atoms with van der Waals surface area (Å²) in [7, 11) is 0. The number of carbonyl (C=O) groups is 1. The number of hydrogen-bond donors (Lipinski definition) is 0. The predicted molar refractivity (Wildman–Crippen MR) is 78.9 cm³/mol. The quantitative estimate of drug-likeness (QED) is 0.780. The van der Waals surface area contributed by atoms with Crippen LogP contribution in [0.2, 0.25) is 0 Å². The Labute approximate surface area is 120 Å². The maximum atomic E-state index is 11.5. The van der Waals surface area contributed by atoms with Gasteiger partial charge in [-0.05, 0) is 32.4 Å². The van der Waals surface area contributed by atoms with E-state index < -0.39 is 0 Å². The first kappa shape index (κ1) is 14.8. The molecule has 1 fully saturated rings. The highest BCUT2D eigenvalue weighted by molar-refractivity contribution is 5.71. The lowest BCUT2D eigenvalue weighted by Crippen LogP contribution is -2.35. The Kier molecular flexibility index (Phi) is 5.35. The van der Waals surface area contributed by atoms with Gasteiger partial charge in [-0.1, -0.05) is 6.07 Å². The van der Waals surface area contributed by atoms with Crippen molar-refractivity contribution in [2.75, 3.05) is 44.2 Å². The van der Waals surface area contributed by atoms with E-state index in [9.17, 15) is 4.79 Å². The van der Waals surface area contributed by atoms with Crippen LogP contribution in [-0.2, 0) is 9.53 Å². The molecule has 2 rings (SSSR count). The van der Waals surface area contributed by atoms with Crippen LogP contribution in [0.4, 0.5) is 5.82 Å². The first-order valence-electron chi connectivity index (χ1n) is 7.25. The average Bonchev–Trinajstić information content (AvgIpc) is 2.64. The molecule has 0 aromatic carbocycles. The van der Waals surface area contributed by atoms with E-state index in [0.717, 1.165) is 44.1 Å². The standard InChI is InChI=1S/C15H23N3O2/c1-3-20-15(19)12-17-8-5-9-18(11-10-17)14-7-4-6-13(2)16-14/h4,6-7H,3,5,8-12H2,1-2H3. The summed E-state index contributed by atoms with van der Waals surface area (Å²) < 4.78 is 5.01. The fourth-order valence-corrected chi connectivity index (χ4v) is 2.45. The highest BCUT2D eigenvalue weighted by Gasteiger charge is 2.18. The molecule has 20 heavy (non-hydrogen) atoms. The van der Waals surface area contributed by atoms with Gasteiger partial charge >= 0.3 is 5.97 Å². The summed E-state index contributed by atoms with van der Waals surface area (Å²) in [5.41, 5.74) is 1.04. The van der Waals surface area contributed by atoms with Crippen LogP contribution in [0.1, 0.15) is 19.0 Å². The van der Waals surface area contributed by atoms with Crippen molar-refractivity contribution >= 4 is 11.8 Å². The van der Waals surface area contributed by atoms with Crippen molar-refractivity contribution in [2.24, 2.45) is 0 Å². The van der Waals surface area contributed by atoms with Gasteiger partial charge in [0, 0.05) is 31.9 Å². The average molecular weight is 277 g/mol. The summed E-state index contributed by atoms with van der Waals surface area (Å²) in [4.78, 5) is 20.5. The minimum Gasteiger partial charge on any atom is -0.465 e. The second-order valence-electron chi connectivity index (χ2n) is 5.06. The zero-order chi connectivity index (χ0) is 14.4. The zero-order valence-corrected chi connectivity index (χ0v) is 12.3. The topological polar surface area (TPSA) is 45.7 Å². The minimum absolute atomic E-state index is 0.130. The van der Waals surface area contributed by atoms with Crippen molar-refractivity contribution < 1.29 is 9.53 Å². The van der Waals surface area contributed by atoms with E-state index in [4.69, 9.17) is 4.74 Å². The summed E-state index contributed by atoms with van der Waals surface area (Å²) in [5.74, 6) is 0.901. The molecule has 0 radical (unpaired) electrons. The van der Waals surface area contributed by atoms with Crippen molar-refractivity contribution in [3.8, 4) is 0 Å². The van der Waals surface area contributed by atoms with Gasteiger partial charge in [-0.2, -0.15) is 0 Å². The Bertz CT molecular complexity index is 450. The van der Waals surface area contributed by atoms with Crippen molar-refractivity contribution in [3.63, 3.8) is 0 Å². The molecule has 1 aliphatic rings. The van der Waals surface area contributed by atoms with E-state index in [1.807, 2.05) is 32.0 Å². The predicted octanol–water partition coefficient (Wildman–Crippen LogP) is 1.47. The largest absolute Gasteiger partial charge is 0.465 e. The third-order valence-electron chi connectivity index (χ3n) is 3.44. The van der Waals surface area contributed by atoms with Gasteiger partial charge in [-0.3, -0.25) is 9.69 Å². The Hall–Kier alpha value is -1.62. The number of carbonyl (C=O) groups excluding carboxylic acids is 1. The van der Waals surface area contributed by atoms with Gasteiger partial charge in [0.15, 0.2) is 0 Å². The third-order valence-corrected chi connectivity index (χ3v) is 3.44. The molecular formula is C15H23N3O2. The lowest BCUT2D eigenvalue weighted by molar-refractivity contribution is -0.144. The number of aryl methyl sites for hydroxylation is 1. The molecule has 110 valence electrons.